The Morgan fingerprint density at radius 2 is 2.06 bits per heavy atom. The number of rotatable bonds is 9. The number of aliphatic hydroxyl groups is 2. The quantitative estimate of drug-likeness (QED) is 0.369. The fraction of sp³-hybridized carbons (Fsp3) is 0.409. The molecule has 1 fully saturated rings. The van der Waals surface area contributed by atoms with Crippen LogP contribution in [-0.4, -0.2) is 57.3 Å². The van der Waals surface area contributed by atoms with Gasteiger partial charge in [0.2, 0.25) is 0 Å². The fourth-order valence-electron chi connectivity index (χ4n) is 3.45. The molecule has 172 valence electrons. The lowest BCUT2D eigenvalue weighted by Crippen LogP contribution is -2.56. The Morgan fingerprint density at radius 1 is 1.34 bits per heavy atom. The van der Waals surface area contributed by atoms with Gasteiger partial charge in [0.1, 0.15) is 18.0 Å². The van der Waals surface area contributed by atoms with Crippen LogP contribution in [0.3, 0.4) is 0 Å². The van der Waals surface area contributed by atoms with E-state index >= 15 is 0 Å². The molecule has 0 bridgehead atoms. The Kier molecular flexibility index (Phi) is 7.41. The smallest absolute Gasteiger partial charge is 0.363 e. The van der Waals surface area contributed by atoms with Gasteiger partial charge in [0.25, 0.3) is 5.72 Å². The summed E-state index contributed by atoms with van der Waals surface area (Å²) in [6.45, 7) is 5.73. The number of hydrogen-bond acceptors (Lipinski definition) is 9. The van der Waals surface area contributed by atoms with Gasteiger partial charge in [-0.1, -0.05) is 43.0 Å². The third kappa shape index (κ3) is 4.58. The molecule has 0 saturated carbocycles. The molecule has 4 atom stereocenters. The second kappa shape index (κ2) is 10.0. The summed E-state index contributed by atoms with van der Waals surface area (Å²) in [4.78, 5) is 29.3. The van der Waals surface area contributed by atoms with E-state index in [1.54, 1.807) is 0 Å². The van der Waals surface area contributed by atoms with Gasteiger partial charge in [-0.05, 0) is 12.5 Å². The maximum Gasteiger partial charge on any atom is 0.363 e. The average molecular weight is 445 g/mol. The molecule has 4 N–H and O–H groups in total. The first-order valence-corrected chi connectivity index (χ1v) is 10.2. The summed E-state index contributed by atoms with van der Waals surface area (Å²) < 4.78 is 17.3. The molecule has 0 radical (unpaired) electrons. The molecule has 32 heavy (non-hydrogen) atoms. The van der Waals surface area contributed by atoms with Crippen molar-refractivity contribution >= 4 is 17.9 Å². The number of ether oxygens (including phenoxy) is 3. The summed E-state index contributed by atoms with van der Waals surface area (Å²) >= 11 is 0. The van der Waals surface area contributed by atoms with Crippen LogP contribution in [0.1, 0.15) is 24.5 Å². The third-order valence-electron chi connectivity index (χ3n) is 5.21. The predicted molar refractivity (Wildman–Crippen MR) is 115 cm³/mol. The highest BCUT2D eigenvalue weighted by Crippen LogP contribution is 2.36. The van der Waals surface area contributed by atoms with Crippen LogP contribution in [0.25, 0.3) is 6.08 Å². The molecule has 1 saturated heterocycles. The molecule has 1 aromatic carbocycles. The van der Waals surface area contributed by atoms with Crippen molar-refractivity contribution in [2.45, 2.75) is 44.0 Å². The lowest BCUT2D eigenvalue weighted by molar-refractivity contribution is -0.200. The number of esters is 1. The van der Waals surface area contributed by atoms with Crippen molar-refractivity contribution in [1.29, 1.82) is 0 Å². The zero-order chi connectivity index (χ0) is 23.3. The molecule has 1 aliphatic heterocycles. The molecular weight excluding hydrogens is 418 g/mol. The van der Waals surface area contributed by atoms with Crippen LogP contribution >= 0.6 is 0 Å². The van der Waals surface area contributed by atoms with Gasteiger partial charge in [-0.2, -0.15) is 4.98 Å². The summed E-state index contributed by atoms with van der Waals surface area (Å²) in [5, 5.41) is 20.9. The Balaban J connectivity index is 1.72. The van der Waals surface area contributed by atoms with Crippen LogP contribution in [0, 0.1) is 0 Å². The zero-order valence-corrected chi connectivity index (χ0v) is 17.7. The van der Waals surface area contributed by atoms with E-state index in [0.29, 0.717) is 19.6 Å². The van der Waals surface area contributed by atoms with Crippen LogP contribution in [-0.2, 0) is 31.3 Å². The number of nitrogens with zero attached hydrogens (tertiary/aromatic N) is 2. The summed E-state index contributed by atoms with van der Waals surface area (Å²) in [6.07, 6.45) is -1.27. The van der Waals surface area contributed by atoms with Crippen LogP contribution in [0.5, 0.6) is 0 Å². The molecular formula is C22H27N3O7. The largest absolute Gasteiger partial charge is 0.462 e. The minimum Gasteiger partial charge on any atom is -0.462 e. The van der Waals surface area contributed by atoms with Crippen LogP contribution in [0.4, 0.5) is 5.82 Å². The molecule has 0 unspecified atom stereocenters. The molecule has 3 rings (SSSR count). The van der Waals surface area contributed by atoms with E-state index in [1.165, 1.54) is 19.2 Å². The maximum atomic E-state index is 13.1. The third-order valence-corrected chi connectivity index (χ3v) is 5.21. The summed E-state index contributed by atoms with van der Waals surface area (Å²) in [5.41, 5.74) is 3.69. The van der Waals surface area contributed by atoms with Gasteiger partial charge < -0.3 is 30.2 Å². The Labute approximate surface area is 184 Å². The minimum atomic E-state index is -2.32. The van der Waals surface area contributed by atoms with Crippen molar-refractivity contribution in [3.05, 3.63) is 64.7 Å². The number of aliphatic hydroxyl groups excluding tert-OH is 2. The van der Waals surface area contributed by atoms with Crippen LogP contribution < -0.4 is 11.4 Å². The highest BCUT2D eigenvalue weighted by molar-refractivity contribution is 5.79. The lowest BCUT2D eigenvalue weighted by Gasteiger charge is -2.31. The zero-order valence-electron chi connectivity index (χ0n) is 17.7. The van der Waals surface area contributed by atoms with E-state index in [1.807, 2.05) is 30.3 Å². The Hall–Kier alpha value is -3.05. The van der Waals surface area contributed by atoms with Crippen molar-refractivity contribution in [2.75, 3.05) is 18.9 Å². The number of hydrogen-bond donors (Lipinski definition) is 3. The molecule has 0 spiro atoms. The van der Waals surface area contributed by atoms with E-state index < -0.39 is 35.7 Å². The van der Waals surface area contributed by atoms with Crippen LogP contribution in [0.2, 0.25) is 0 Å². The van der Waals surface area contributed by atoms with Crippen molar-refractivity contribution < 1.29 is 29.2 Å². The highest BCUT2D eigenvalue weighted by atomic mass is 16.6. The van der Waals surface area contributed by atoms with Gasteiger partial charge in [-0.25, -0.2) is 9.59 Å². The minimum absolute atomic E-state index is 0.0542. The van der Waals surface area contributed by atoms with Crippen molar-refractivity contribution in [1.82, 2.24) is 9.55 Å². The molecule has 1 aliphatic rings. The second-order valence-corrected chi connectivity index (χ2v) is 7.42. The van der Waals surface area contributed by atoms with Gasteiger partial charge in [-0.15, -0.1) is 0 Å². The van der Waals surface area contributed by atoms with Crippen molar-refractivity contribution in [2.24, 2.45) is 0 Å². The van der Waals surface area contributed by atoms with E-state index in [0.717, 1.165) is 10.1 Å². The number of carbonyl (C=O) groups is 1. The van der Waals surface area contributed by atoms with E-state index in [2.05, 4.69) is 11.6 Å². The van der Waals surface area contributed by atoms with E-state index in [4.69, 9.17) is 19.9 Å². The molecule has 1 aromatic heterocycles. The summed E-state index contributed by atoms with van der Waals surface area (Å²) in [7, 11) is 0. The lowest BCUT2D eigenvalue weighted by atomic mass is 10.0. The first-order chi connectivity index (χ1) is 15.3. The molecule has 10 heteroatoms. The van der Waals surface area contributed by atoms with Gasteiger partial charge in [-0.3, -0.25) is 4.57 Å². The van der Waals surface area contributed by atoms with Gasteiger partial charge in [0, 0.05) is 18.2 Å². The predicted octanol–water partition coefficient (Wildman–Crippen LogP) is 0.412. The molecule has 2 heterocycles. The maximum absolute atomic E-state index is 13.1. The monoisotopic (exact) mass is 445 g/mol. The SMILES string of the molecule is C=Cc1cn([C@]2(C(=O)OCCCOCc3ccccc3)O[C@H](C)[C@@H](O)[C@H]2O)c(=O)nc1N. The van der Waals surface area contributed by atoms with Gasteiger partial charge in [0.05, 0.1) is 25.9 Å². The number of aromatic nitrogens is 2. The number of anilines is 1. The number of benzene rings is 1. The normalized spacial score (nSPS) is 24.9. The average Bonchev–Trinajstić information content (AvgIpc) is 3.01. The van der Waals surface area contributed by atoms with Gasteiger partial charge >= 0.3 is 11.7 Å². The van der Waals surface area contributed by atoms with Gasteiger partial charge in [0.15, 0.2) is 0 Å². The fourth-order valence-corrected chi connectivity index (χ4v) is 3.45. The number of nitrogens with two attached hydrogens (primary N) is 1. The Bertz CT molecular complexity index is 1010. The van der Waals surface area contributed by atoms with E-state index in [-0.39, 0.29) is 18.0 Å². The first-order valence-electron chi connectivity index (χ1n) is 10.2. The topological polar surface area (TPSA) is 146 Å². The molecule has 10 nitrogen and oxygen atoms in total. The van der Waals surface area contributed by atoms with Crippen LogP contribution in [0.15, 0.2) is 47.9 Å². The molecule has 2 aromatic rings. The summed E-state index contributed by atoms with van der Waals surface area (Å²) in [5.74, 6) is -1.14. The highest BCUT2D eigenvalue weighted by Gasteiger charge is 2.61. The Morgan fingerprint density at radius 3 is 2.69 bits per heavy atom. The standard InChI is InChI=1S/C22H27N3O7/c1-3-16-12-25(21(29)24-19(16)23)22(18(27)17(26)14(2)32-22)20(28)31-11-7-10-30-13-15-8-5-4-6-9-15/h3-6,8-9,12,14,17-18,26-27H,1,7,10-11,13H2,2H3,(H2,23,24,29)/t14-,17-,18-,22+/m1/s1. The number of nitrogen functional groups attached to an aromatic ring is 1. The molecule has 0 aliphatic carbocycles. The van der Waals surface area contributed by atoms with Crippen molar-refractivity contribution in [3.63, 3.8) is 0 Å². The van der Waals surface area contributed by atoms with E-state index in [9.17, 15) is 19.8 Å². The van der Waals surface area contributed by atoms with Crippen molar-refractivity contribution in [3.8, 4) is 0 Å². The number of carbonyl (C=O) groups excluding carboxylic acids is 1. The first kappa shape index (κ1) is 23.6. The second-order valence-electron chi connectivity index (χ2n) is 7.42. The summed E-state index contributed by atoms with van der Waals surface area (Å²) in [6, 6.07) is 9.61. The molecule has 0 amide bonds.